The molecule has 1 fully saturated rings. The Morgan fingerprint density at radius 2 is 1.81 bits per heavy atom. The predicted octanol–water partition coefficient (Wildman–Crippen LogP) is 4.32. The molecule has 0 saturated heterocycles. The number of amides is 2. The van der Waals surface area contributed by atoms with Crippen LogP contribution < -0.4 is 10.7 Å². The number of nitrogens with one attached hydrogen (secondary N) is 1. The minimum absolute atomic E-state index is 0.0138. The third-order valence-electron chi connectivity index (χ3n) is 5.89. The van der Waals surface area contributed by atoms with E-state index in [1.54, 1.807) is 24.3 Å². The molecule has 1 aromatic heterocycles. The van der Waals surface area contributed by atoms with Crippen molar-refractivity contribution in [3.63, 3.8) is 0 Å². The molecule has 32 heavy (non-hydrogen) atoms. The summed E-state index contributed by atoms with van der Waals surface area (Å²) in [5.41, 5.74) is 0.478. The molecule has 0 atom stereocenters. The highest BCUT2D eigenvalue weighted by Crippen LogP contribution is 2.29. The quantitative estimate of drug-likeness (QED) is 0.641. The van der Waals surface area contributed by atoms with E-state index in [0.29, 0.717) is 24.5 Å². The minimum Gasteiger partial charge on any atom is -0.352 e. The van der Waals surface area contributed by atoms with Gasteiger partial charge in [-0.25, -0.2) is 0 Å². The first-order valence-corrected chi connectivity index (χ1v) is 11.7. The molecular formula is C25H32ClN3O3. The Bertz CT molecular complexity index is 1030. The molecule has 1 heterocycles. The maximum atomic E-state index is 13.2. The number of carbonyl (C=O) groups excluding carboxylic acids is 2. The van der Waals surface area contributed by atoms with Gasteiger partial charge in [-0.1, -0.05) is 56.5 Å². The van der Waals surface area contributed by atoms with Gasteiger partial charge in [-0.15, -0.1) is 0 Å². The molecule has 0 spiro atoms. The number of hydrogen-bond acceptors (Lipinski definition) is 3. The van der Waals surface area contributed by atoms with Crippen LogP contribution in [0.5, 0.6) is 0 Å². The molecule has 0 bridgehead atoms. The number of hydrogen-bond donors (Lipinski definition) is 1. The average molecular weight is 458 g/mol. The lowest BCUT2D eigenvalue weighted by atomic mass is 10.1. The van der Waals surface area contributed by atoms with Gasteiger partial charge in [-0.3, -0.25) is 14.4 Å². The average Bonchev–Trinajstić information content (AvgIpc) is 3.29. The number of carbonyl (C=O) groups is 2. The van der Waals surface area contributed by atoms with E-state index < -0.39 is 11.3 Å². The van der Waals surface area contributed by atoms with E-state index in [2.05, 4.69) is 5.32 Å². The van der Waals surface area contributed by atoms with Gasteiger partial charge in [0.25, 0.3) is 11.8 Å². The van der Waals surface area contributed by atoms with E-state index in [1.165, 1.54) is 0 Å². The molecule has 2 aromatic rings. The Morgan fingerprint density at radius 3 is 2.47 bits per heavy atom. The summed E-state index contributed by atoms with van der Waals surface area (Å²) in [7, 11) is 1.69. The van der Waals surface area contributed by atoms with Gasteiger partial charge in [0.15, 0.2) is 0 Å². The Hall–Kier alpha value is -2.60. The van der Waals surface area contributed by atoms with Gasteiger partial charge in [0.05, 0.1) is 0 Å². The Balaban J connectivity index is 1.85. The molecule has 3 rings (SSSR count). The smallest absolute Gasteiger partial charge is 0.259 e. The number of aromatic nitrogens is 1. The van der Waals surface area contributed by atoms with Gasteiger partial charge in [-0.2, -0.15) is 0 Å². The van der Waals surface area contributed by atoms with Crippen LogP contribution in [-0.4, -0.2) is 41.4 Å². The molecule has 1 saturated carbocycles. The van der Waals surface area contributed by atoms with Crippen molar-refractivity contribution in [1.82, 2.24) is 14.8 Å². The summed E-state index contributed by atoms with van der Waals surface area (Å²) in [6.07, 6.45) is 7.97. The van der Waals surface area contributed by atoms with E-state index in [-0.39, 0.29) is 29.0 Å². The molecule has 1 N–H and O–H groups in total. The zero-order valence-electron chi connectivity index (χ0n) is 19.1. The fourth-order valence-corrected chi connectivity index (χ4v) is 4.50. The van der Waals surface area contributed by atoms with Gasteiger partial charge in [0.1, 0.15) is 11.1 Å². The molecular weight excluding hydrogens is 426 g/mol. The lowest BCUT2D eigenvalue weighted by molar-refractivity contribution is 0.0776. The van der Waals surface area contributed by atoms with Crippen LogP contribution in [0.15, 0.2) is 41.5 Å². The molecule has 6 nitrogen and oxygen atoms in total. The van der Waals surface area contributed by atoms with E-state index in [1.807, 2.05) is 42.7 Å². The van der Waals surface area contributed by atoms with Crippen LogP contribution in [0.25, 0.3) is 0 Å². The molecule has 0 radical (unpaired) electrons. The first-order chi connectivity index (χ1) is 15.3. The Labute approximate surface area is 194 Å². The zero-order chi connectivity index (χ0) is 23.3. The van der Waals surface area contributed by atoms with Crippen molar-refractivity contribution < 1.29 is 9.59 Å². The van der Waals surface area contributed by atoms with Gasteiger partial charge in [0, 0.05) is 43.6 Å². The normalized spacial score (nSPS) is 14.0. The van der Waals surface area contributed by atoms with E-state index in [0.717, 1.165) is 31.2 Å². The lowest BCUT2D eigenvalue weighted by Crippen LogP contribution is -2.38. The highest BCUT2D eigenvalue weighted by molar-refractivity contribution is 6.31. The third kappa shape index (κ3) is 5.80. The van der Waals surface area contributed by atoms with Crippen LogP contribution in [0.4, 0.5) is 0 Å². The van der Waals surface area contributed by atoms with E-state index in [4.69, 9.17) is 11.6 Å². The molecule has 1 aliphatic rings. The van der Waals surface area contributed by atoms with Crippen LogP contribution >= 0.6 is 11.6 Å². The van der Waals surface area contributed by atoms with Crippen LogP contribution in [0.3, 0.4) is 0 Å². The Morgan fingerprint density at radius 1 is 1.16 bits per heavy atom. The maximum Gasteiger partial charge on any atom is 0.259 e. The first-order valence-electron chi connectivity index (χ1n) is 11.3. The molecule has 2 amide bonds. The van der Waals surface area contributed by atoms with Crippen molar-refractivity contribution in [2.24, 2.45) is 5.92 Å². The van der Waals surface area contributed by atoms with Crippen LogP contribution in [-0.2, 0) is 6.42 Å². The molecule has 1 aromatic carbocycles. The van der Waals surface area contributed by atoms with Crippen molar-refractivity contribution in [2.75, 3.05) is 20.1 Å². The second kappa shape index (κ2) is 10.8. The molecule has 0 aliphatic heterocycles. The molecule has 172 valence electrons. The second-order valence-corrected chi connectivity index (χ2v) is 9.38. The topological polar surface area (TPSA) is 71.4 Å². The number of rotatable bonds is 8. The summed E-state index contributed by atoms with van der Waals surface area (Å²) in [6, 6.07) is 7.67. The van der Waals surface area contributed by atoms with Crippen molar-refractivity contribution in [1.29, 1.82) is 0 Å². The number of nitrogens with zero attached hydrogens (tertiary/aromatic N) is 2. The summed E-state index contributed by atoms with van der Waals surface area (Å²) in [5.74, 6) is -0.534. The van der Waals surface area contributed by atoms with Gasteiger partial charge in [0.2, 0.25) is 5.43 Å². The fraction of sp³-hybridized carbons (Fsp3) is 0.480. The standard InChI is InChI=1S/C25H32ClN3O3/c1-17(2)14-28(3)25(32)21-16-29(19-9-5-6-10-19)15-20(23(21)30)24(31)27-13-12-18-8-4-7-11-22(18)26/h4,7-8,11,15-17,19H,5-6,9-10,12-14H2,1-3H3,(H,27,31). The number of halogens is 1. The van der Waals surface area contributed by atoms with Crippen molar-refractivity contribution >= 4 is 23.4 Å². The summed E-state index contributed by atoms with van der Waals surface area (Å²) in [4.78, 5) is 40.7. The van der Waals surface area contributed by atoms with Crippen molar-refractivity contribution in [2.45, 2.75) is 52.0 Å². The maximum absolute atomic E-state index is 13.2. The summed E-state index contributed by atoms with van der Waals surface area (Å²) in [6.45, 7) is 4.92. The van der Waals surface area contributed by atoms with Gasteiger partial charge < -0.3 is 14.8 Å². The molecule has 1 aliphatic carbocycles. The number of pyridine rings is 1. The van der Waals surface area contributed by atoms with E-state index in [9.17, 15) is 14.4 Å². The van der Waals surface area contributed by atoms with Crippen molar-refractivity contribution in [3.8, 4) is 0 Å². The van der Waals surface area contributed by atoms with Crippen molar-refractivity contribution in [3.05, 3.63) is 68.6 Å². The lowest BCUT2D eigenvalue weighted by Gasteiger charge is -2.22. The zero-order valence-corrected chi connectivity index (χ0v) is 19.8. The first kappa shape index (κ1) is 24.1. The Kier molecular flexibility index (Phi) is 8.13. The highest BCUT2D eigenvalue weighted by Gasteiger charge is 2.25. The summed E-state index contributed by atoms with van der Waals surface area (Å²) in [5, 5.41) is 3.47. The molecule has 0 unspecified atom stereocenters. The van der Waals surface area contributed by atoms with Gasteiger partial charge in [-0.05, 0) is 36.8 Å². The summed E-state index contributed by atoms with van der Waals surface area (Å²) >= 11 is 6.19. The fourth-order valence-electron chi connectivity index (χ4n) is 4.27. The molecule has 7 heteroatoms. The second-order valence-electron chi connectivity index (χ2n) is 8.98. The monoisotopic (exact) mass is 457 g/mol. The highest BCUT2D eigenvalue weighted by atomic mass is 35.5. The van der Waals surface area contributed by atoms with Crippen LogP contribution in [0.2, 0.25) is 5.02 Å². The number of benzene rings is 1. The summed E-state index contributed by atoms with van der Waals surface area (Å²) < 4.78 is 1.90. The van der Waals surface area contributed by atoms with E-state index >= 15 is 0 Å². The largest absolute Gasteiger partial charge is 0.352 e. The predicted molar refractivity (Wildman–Crippen MR) is 127 cm³/mol. The van der Waals surface area contributed by atoms with Crippen LogP contribution in [0.1, 0.15) is 71.9 Å². The van der Waals surface area contributed by atoms with Gasteiger partial charge >= 0.3 is 0 Å². The SMILES string of the molecule is CC(C)CN(C)C(=O)c1cn(C2CCCC2)cc(C(=O)NCCc2ccccc2Cl)c1=O. The third-order valence-corrected chi connectivity index (χ3v) is 6.26. The van der Waals surface area contributed by atoms with Crippen LogP contribution in [0, 0.1) is 5.92 Å². The minimum atomic E-state index is -0.518.